The molecule has 1 fully saturated rings. The van der Waals surface area contributed by atoms with Gasteiger partial charge in [-0.15, -0.1) is 0 Å². The molecule has 0 bridgehead atoms. The van der Waals surface area contributed by atoms with E-state index in [1.54, 1.807) is 0 Å². The lowest BCUT2D eigenvalue weighted by Crippen LogP contribution is -2.44. The van der Waals surface area contributed by atoms with Gasteiger partial charge in [0.15, 0.2) is 0 Å². The van der Waals surface area contributed by atoms with E-state index in [9.17, 15) is 0 Å². The number of hydrogen-bond acceptors (Lipinski definition) is 4. The third-order valence-corrected chi connectivity index (χ3v) is 2.95. The normalized spacial score (nSPS) is 23.2. The summed E-state index contributed by atoms with van der Waals surface area (Å²) in [4.78, 5) is 6.74. The molecule has 0 spiro atoms. The summed E-state index contributed by atoms with van der Waals surface area (Å²) in [5.41, 5.74) is 7.08. The van der Waals surface area contributed by atoms with Gasteiger partial charge in [-0.1, -0.05) is 6.07 Å². The van der Waals surface area contributed by atoms with Gasteiger partial charge in [0, 0.05) is 24.3 Å². The smallest absolute Gasteiger partial charge is 0.133 e. The zero-order valence-corrected chi connectivity index (χ0v) is 9.89. The Balaban J connectivity index is 2.31. The van der Waals surface area contributed by atoms with Gasteiger partial charge in [-0.05, 0) is 19.9 Å². The average molecular weight is 221 g/mol. The molecule has 1 aromatic rings. The van der Waals surface area contributed by atoms with Crippen molar-refractivity contribution >= 4 is 5.82 Å². The Hall–Kier alpha value is -1.13. The third-order valence-electron chi connectivity index (χ3n) is 2.95. The highest BCUT2D eigenvalue weighted by atomic mass is 16.5. The van der Waals surface area contributed by atoms with Gasteiger partial charge in [-0.25, -0.2) is 4.98 Å². The zero-order valence-electron chi connectivity index (χ0n) is 9.89. The van der Waals surface area contributed by atoms with Crippen molar-refractivity contribution < 1.29 is 4.74 Å². The first-order valence-corrected chi connectivity index (χ1v) is 5.75. The number of morpholine rings is 1. The van der Waals surface area contributed by atoms with Crippen LogP contribution in [-0.2, 0) is 4.74 Å². The predicted molar refractivity (Wildman–Crippen MR) is 64.5 cm³/mol. The van der Waals surface area contributed by atoms with Crippen LogP contribution in [0, 0.1) is 0 Å². The Morgan fingerprint density at radius 3 is 3.12 bits per heavy atom. The molecule has 1 aromatic heterocycles. The maximum atomic E-state index is 5.97. The van der Waals surface area contributed by atoms with Crippen LogP contribution in [0.25, 0.3) is 0 Å². The molecule has 1 unspecified atom stereocenters. The molecule has 2 atom stereocenters. The van der Waals surface area contributed by atoms with E-state index in [0.717, 1.165) is 31.1 Å². The van der Waals surface area contributed by atoms with Crippen molar-refractivity contribution in [2.24, 2.45) is 5.73 Å². The Labute approximate surface area is 96.4 Å². The number of nitrogens with zero attached hydrogens (tertiary/aromatic N) is 2. The van der Waals surface area contributed by atoms with Crippen molar-refractivity contribution in [2.75, 3.05) is 24.7 Å². The number of rotatable bonds is 2. The fourth-order valence-electron chi connectivity index (χ4n) is 2.05. The monoisotopic (exact) mass is 221 g/mol. The lowest BCUT2D eigenvalue weighted by Gasteiger charge is -2.35. The van der Waals surface area contributed by atoms with Gasteiger partial charge in [-0.2, -0.15) is 0 Å². The Morgan fingerprint density at radius 2 is 2.44 bits per heavy atom. The molecule has 2 heterocycles. The second-order valence-corrected chi connectivity index (χ2v) is 4.32. The molecule has 0 amide bonds. The SMILES string of the molecule is CC1COCCN1c1ncccc1[C@@H](C)N. The van der Waals surface area contributed by atoms with Crippen LogP contribution in [0.15, 0.2) is 18.3 Å². The molecule has 0 aliphatic carbocycles. The third kappa shape index (κ3) is 2.18. The fraction of sp³-hybridized carbons (Fsp3) is 0.583. The average Bonchev–Trinajstić information content (AvgIpc) is 2.29. The van der Waals surface area contributed by atoms with Gasteiger partial charge >= 0.3 is 0 Å². The zero-order chi connectivity index (χ0) is 11.5. The van der Waals surface area contributed by atoms with Crippen molar-refractivity contribution in [3.05, 3.63) is 23.9 Å². The van der Waals surface area contributed by atoms with Crippen LogP contribution >= 0.6 is 0 Å². The molecular weight excluding hydrogens is 202 g/mol. The standard InChI is InChI=1S/C12H19N3O/c1-9-8-16-7-6-15(9)12-11(10(2)13)4-3-5-14-12/h3-5,9-10H,6-8,13H2,1-2H3/t9?,10-/m1/s1. The van der Waals surface area contributed by atoms with E-state index in [2.05, 4.69) is 22.9 Å². The minimum absolute atomic E-state index is 0.0127. The highest BCUT2D eigenvalue weighted by Gasteiger charge is 2.23. The van der Waals surface area contributed by atoms with E-state index >= 15 is 0 Å². The number of hydrogen-bond donors (Lipinski definition) is 1. The number of pyridine rings is 1. The fourth-order valence-corrected chi connectivity index (χ4v) is 2.05. The lowest BCUT2D eigenvalue weighted by atomic mass is 10.1. The molecule has 4 nitrogen and oxygen atoms in total. The highest BCUT2D eigenvalue weighted by Crippen LogP contribution is 2.25. The van der Waals surface area contributed by atoms with Crippen molar-refractivity contribution in [1.82, 2.24) is 4.98 Å². The summed E-state index contributed by atoms with van der Waals surface area (Å²) in [7, 11) is 0. The number of nitrogens with two attached hydrogens (primary N) is 1. The molecule has 0 radical (unpaired) electrons. The summed E-state index contributed by atoms with van der Waals surface area (Å²) in [6, 6.07) is 4.36. The second kappa shape index (κ2) is 4.80. The molecule has 0 aromatic carbocycles. The van der Waals surface area contributed by atoms with Crippen molar-refractivity contribution in [3.8, 4) is 0 Å². The first-order chi connectivity index (χ1) is 7.70. The first-order valence-electron chi connectivity index (χ1n) is 5.75. The molecule has 16 heavy (non-hydrogen) atoms. The molecule has 1 saturated heterocycles. The lowest BCUT2D eigenvalue weighted by molar-refractivity contribution is 0.0984. The van der Waals surface area contributed by atoms with Crippen molar-refractivity contribution in [2.45, 2.75) is 25.9 Å². The molecule has 4 heteroatoms. The van der Waals surface area contributed by atoms with Gasteiger partial charge in [0.05, 0.1) is 19.3 Å². The summed E-state index contributed by atoms with van der Waals surface area (Å²) in [6.45, 7) is 6.55. The van der Waals surface area contributed by atoms with Gasteiger partial charge in [0.1, 0.15) is 5.82 Å². The second-order valence-electron chi connectivity index (χ2n) is 4.32. The highest BCUT2D eigenvalue weighted by molar-refractivity contribution is 5.49. The molecule has 1 aliphatic rings. The van der Waals surface area contributed by atoms with Crippen LogP contribution in [0.3, 0.4) is 0 Å². The van der Waals surface area contributed by atoms with Gasteiger partial charge in [0.25, 0.3) is 0 Å². The van der Waals surface area contributed by atoms with E-state index in [1.165, 1.54) is 0 Å². The van der Waals surface area contributed by atoms with E-state index in [4.69, 9.17) is 10.5 Å². The van der Waals surface area contributed by atoms with E-state index in [1.807, 2.05) is 19.2 Å². The van der Waals surface area contributed by atoms with Gasteiger partial charge < -0.3 is 15.4 Å². The maximum absolute atomic E-state index is 5.97. The van der Waals surface area contributed by atoms with Crippen LogP contribution in [0.1, 0.15) is 25.5 Å². The van der Waals surface area contributed by atoms with Crippen LogP contribution in [-0.4, -0.2) is 30.8 Å². The number of aromatic nitrogens is 1. The summed E-state index contributed by atoms with van der Waals surface area (Å²) >= 11 is 0. The predicted octanol–water partition coefficient (Wildman–Crippen LogP) is 1.33. The van der Waals surface area contributed by atoms with Crippen LogP contribution < -0.4 is 10.6 Å². The molecular formula is C12H19N3O. The topological polar surface area (TPSA) is 51.4 Å². The first kappa shape index (κ1) is 11.4. The summed E-state index contributed by atoms with van der Waals surface area (Å²) in [5.74, 6) is 1.01. The number of anilines is 1. The maximum Gasteiger partial charge on any atom is 0.133 e. The Morgan fingerprint density at radius 1 is 1.62 bits per heavy atom. The largest absolute Gasteiger partial charge is 0.377 e. The summed E-state index contributed by atoms with van der Waals surface area (Å²) in [6.07, 6.45) is 1.82. The minimum Gasteiger partial charge on any atom is -0.377 e. The van der Waals surface area contributed by atoms with Gasteiger partial charge in [0.2, 0.25) is 0 Å². The van der Waals surface area contributed by atoms with Crippen LogP contribution in [0.5, 0.6) is 0 Å². The van der Waals surface area contributed by atoms with Gasteiger partial charge in [-0.3, -0.25) is 0 Å². The molecule has 88 valence electrons. The van der Waals surface area contributed by atoms with E-state index in [0.29, 0.717) is 6.04 Å². The molecule has 2 N–H and O–H groups in total. The molecule has 1 aliphatic heterocycles. The Bertz CT molecular complexity index is 354. The summed E-state index contributed by atoms with van der Waals surface area (Å²) < 4.78 is 5.43. The van der Waals surface area contributed by atoms with Crippen molar-refractivity contribution in [3.63, 3.8) is 0 Å². The molecule has 0 saturated carbocycles. The summed E-state index contributed by atoms with van der Waals surface area (Å²) in [5, 5.41) is 0. The van der Waals surface area contributed by atoms with Crippen LogP contribution in [0.2, 0.25) is 0 Å². The minimum atomic E-state index is 0.0127. The quantitative estimate of drug-likeness (QED) is 0.818. The molecule has 2 rings (SSSR count). The van der Waals surface area contributed by atoms with E-state index < -0.39 is 0 Å². The van der Waals surface area contributed by atoms with E-state index in [-0.39, 0.29) is 6.04 Å². The Kier molecular flexibility index (Phi) is 3.41. The van der Waals surface area contributed by atoms with Crippen LogP contribution in [0.4, 0.5) is 5.82 Å². The van der Waals surface area contributed by atoms with Crippen molar-refractivity contribution in [1.29, 1.82) is 0 Å². The number of ether oxygens (including phenoxy) is 1.